The van der Waals surface area contributed by atoms with E-state index in [0.717, 1.165) is 44.3 Å². The third kappa shape index (κ3) is 4.61. The first-order valence-electron chi connectivity index (χ1n) is 13.4. The first-order chi connectivity index (χ1) is 18.1. The lowest BCUT2D eigenvalue weighted by atomic mass is 9.79. The third-order valence-corrected chi connectivity index (χ3v) is 8.66. The Labute approximate surface area is 223 Å². The maximum atomic E-state index is 14.2. The third-order valence-electron chi connectivity index (χ3n) is 8.41. The number of amides is 2. The molecule has 0 spiro atoms. The van der Waals surface area contributed by atoms with E-state index in [1.807, 2.05) is 6.07 Å². The fourth-order valence-corrected chi connectivity index (χ4v) is 6.75. The second kappa shape index (κ2) is 10.2. The van der Waals surface area contributed by atoms with E-state index < -0.39 is 0 Å². The monoisotopic (exact) mass is 513 g/mol. The number of hydrogen-bond donors (Lipinski definition) is 2. The number of likely N-dealkylation sites (tertiary alicyclic amines) is 1. The van der Waals surface area contributed by atoms with Crippen molar-refractivity contribution in [2.75, 3.05) is 11.9 Å². The van der Waals surface area contributed by atoms with Crippen molar-refractivity contribution in [1.29, 1.82) is 0 Å². The van der Waals surface area contributed by atoms with E-state index in [1.165, 1.54) is 11.1 Å². The van der Waals surface area contributed by atoms with Crippen LogP contribution in [0.5, 0.6) is 0 Å². The topological polar surface area (TPSA) is 61.4 Å². The summed E-state index contributed by atoms with van der Waals surface area (Å²) in [6.45, 7) is 0.738. The van der Waals surface area contributed by atoms with E-state index in [0.29, 0.717) is 16.5 Å². The van der Waals surface area contributed by atoms with Gasteiger partial charge in [0.1, 0.15) is 0 Å². The van der Waals surface area contributed by atoms with Crippen molar-refractivity contribution in [2.24, 2.45) is 11.8 Å². The van der Waals surface area contributed by atoms with Crippen LogP contribution in [0.25, 0.3) is 0 Å². The first-order valence-corrected chi connectivity index (χ1v) is 13.8. The van der Waals surface area contributed by atoms with Gasteiger partial charge in [-0.3, -0.25) is 9.59 Å². The summed E-state index contributed by atoms with van der Waals surface area (Å²) >= 11 is 6.00. The molecule has 2 heterocycles. The Morgan fingerprint density at radius 1 is 0.865 bits per heavy atom. The van der Waals surface area contributed by atoms with Crippen LogP contribution < -0.4 is 10.6 Å². The molecule has 3 aromatic rings. The molecule has 2 N–H and O–H groups in total. The Hall–Kier alpha value is -3.31. The van der Waals surface area contributed by atoms with Gasteiger partial charge in [-0.1, -0.05) is 73.0 Å². The normalized spacial score (nSPS) is 26.5. The van der Waals surface area contributed by atoms with Gasteiger partial charge in [0.15, 0.2) is 0 Å². The minimum Gasteiger partial charge on any atom is -0.378 e. The molecule has 2 amide bonds. The van der Waals surface area contributed by atoms with E-state index in [4.69, 9.17) is 11.6 Å². The minimum atomic E-state index is -0.207. The Morgan fingerprint density at radius 3 is 2.41 bits per heavy atom. The molecule has 5 atom stereocenters. The zero-order valence-corrected chi connectivity index (χ0v) is 21.5. The second-order valence-corrected chi connectivity index (χ2v) is 11.0. The number of rotatable bonds is 4. The summed E-state index contributed by atoms with van der Waals surface area (Å²) in [5.74, 6) is 0.127. The van der Waals surface area contributed by atoms with Crippen LogP contribution in [0, 0.1) is 11.8 Å². The number of para-hydroxylation sites is 1. The zero-order chi connectivity index (χ0) is 25.4. The summed E-state index contributed by atoms with van der Waals surface area (Å²) < 4.78 is 0. The Kier molecular flexibility index (Phi) is 6.64. The molecule has 3 aliphatic rings. The second-order valence-electron chi connectivity index (χ2n) is 10.5. The van der Waals surface area contributed by atoms with E-state index >= 15 is 0 Å². The maximum absolute atomic E-state index is 14.2. The highest BCUT2D eigenvalue weighted by molar-refractivity contribution is 6.30. The van der Waals surface area contributed by atoms with Gasteiger partial charge in [0.25, 0.3) is 5.91 Å². The molecule has 1 saturated carbocycles. The lowest BCUT2D eigenvalue weighted by Crippen LogP contribution is -2.50. The van der Waals surface area contributed by atoms with Crippen molar-refractivity contribution in [2.45, 2.75) is 50.2 Å². The number of carbonyl (C=O) groups excluding carboxylic acids is 2. The average Bonchev–Trinajstić information content (AvgIpc) is 3.39. The number of anilines is 1. The molecule has 0 radical (unpaired) electrons. The average molecular weight is 514 g/mol. The number of halogens is 1. The highest BCUT2D eigenvalue weighted by Gasteiger charge is 2.48. The van der Waals surface area contributed by atoms with Crippen LogP contribution in [-0.4, -0.2) is 29.3 Å². The van der Waals surface area contributed by atoms with Crippen molar-refractivity contribution >= 4 is 29.1 Å². The Morgan fingerprint density at radius 2 is 1.59 bits per heavy atom. The standard InChI is InChI=1S/C31H32ClN3O2/c32-22-16-14-21(15-17-22)30(36)34-27-13-7-5-11-24(27)31(37)35-19-18-25-28(20-8-2-1-3-9-20)33-26-12-6-4-10-23(26)29(25)35/h1-4,6,8-10,12,14-17,24-25,27-29,33H,5,7,11,13,18-19H2,(H,34,36)/t24-,25+,27+,28-,29-/m0/s1. The van der Waals surface area contributed by atoms with Gasteiger partial charge in [-0.15, -0.1) is 0 Å². The molecule has 6 rings (SSSR count). The number of benzene rings is 3. The van der Waals surface area contributed by atoms with Crippen molar-refractivity contribution in [3.05, 3.63) is 101 Å². The molecule has 0 unspecified atom stereocenters. The molecule has 1 aliphatic carbocycles. The van der Waals surface area contributed by atoms with Gasteiger partial charge < -0.3 is 15.5 Å². The van der Waals surface area contributed by atoms with Crippen LogP contribution >= 0.6 is 11.6 Å². The van der Waals surface area contributed by atoms with Crippen LogP contribution in [-0.2, 0) is 4.79 Å². The van der Waals surface area contributed by atoms with E-state index in [1.54, 1.807) is 24.3 Å². The van der Waals surface area contributed by atoms with Gasteiger partial charge in [0, 0.05) is 34.8 Å². The summed E-state index contributed by atoms with van der Waals surface area (Å²) in [5, 5.41) is 7.57. The van der Waals surface area contributed by atoms with Crippen molar-refractivity contribution in [3.63, 3.8) is 0 Å². The molecule has 37 heavy (non-hydrogen) atoms. The molecule has 6 heteroatoms. The Bertz CT molecular complexity index is 1280. The van der Waals surface area contributed by atoms with Gasteiger partial charge in [0.2, 0.25) is 5.91 Å². The SMILES string of the molecule is O=C(N[C@@H]1CCCC[C@@H]1C(=O)N1CC[C@@H]2[C@H](c3ccccc3)Nc3ccccc3[C@@H]21)c1ccc(Cl)cc1. The highest BCUT2D eigenvalue weighted by atomic mass is 35.5. The highest BCUT2D eigenvalue weighted by Crippen LogP contribution is 2.51. The summed E-state index contributed by atoms with van der Waals surface area (Å²) in [6.07, 6.45) is 4.61. The summed E-state index contributed by atoms with van der Waals surface area (Å²) in [4.78, 5) is 29.4. The van der Waals surface area contributed by atoms with Gasteiger partial charge >= 0.3 is 0 Å². The lowest BCUT2D eigenvalue weighted by molar-refractivity contribution is -0.138. The molecule has 2 aliphatic heterocycles. The number of nitrogens with one attached hydrogen (secondary N) is 2. The summed E-state index contributed by atoms with van der Waals surface area (Å²) in [6, 6.07) is 25.9. The van der Waals surface area contributed by atoms with Crippen LogP contribution in [0.2, 0.25) is 5.02 Å². The Balaban J connectivity index is 1.27. The molecule has 0 bridgehead atoms. The van der Waals surface area contributed by atoms with Crippen molar-refractivity contribution < 1.29 is 9.59 Å². The van der Waals surface area contributed by atoms with Crippen LogP contribution in [0.4, 0.5) is 5.69 Å². The van der Waals surface area contributed by atoms with Crippen LogP contribution in [0.15, 0.2) is 78.9 Å². The van der Waals surface area contributed by atoms with Crippen LogP contribution in [0.3, 0.4) is 0 Å². The molecule has 1 saturated heterocycles. The molecule has 2 fully saturated rings. The number of fused-ring (bicyclic) bond motifs is 3. The zero-order valence-electron chi connectivity index (χ0n) is 20.8. The fraction of sp³-hybridized carbons (Fsp3) is 0.355. The predicted molar refractivity (Wildman–Crippen MR) is 146 cm³/mol. The molecule has 5 nitrogen and oxygen atoms in total. The predicted octanol–water partition coefficient (Wildman–Crippen LogP) is 6.39. The van der Waals surface area contributed by atoms with E-state index in [2.05, 4.69) is 64.1 Å². The quantitative estimate of drug-likeness (QED) is 0.425. The number of nitrogens with zero attached hydrogens (tertiary/aromatic N) is 1. The van der Waals surface area contributed by atoms with Crippen molar-refractivity contribution in [3.8, 4) is 0 Å². The first kappa shape index (κ1) is 24.1. The molecular weight excluding hydrogens is 482 g/mol. The molecule has 3 aromatic carbocycles. The van der Waals surface area contributed by atoms with Gasteiger partial charge in [-0.25, -0.2) is 0 Å². The number of hydrogen-bond acceptors (Lipinski definition) is 3. The van der Waals surface area contributed by atoms with E-state index in [-0.39, 0.29) is 35.9 Å². The molecule has 190 valence electrons. The summed E-state index contributed by atoms with van der Waals surface area (Å²) in [5.41, 5.74) is 4.13. The van der Waals surface area contributed by atoms with E-state index in [9.17, 15) is 9.59 Å². The van der Waals surface area contributed by atoms with Crippen LogP contribution in [0.1, 0.15) is 65.7 Å². The number of carbonyl (C=O) groups is 2. The summed E-state index contributed by atoms with van der Waals surface area (Å²) in [7, 11) is 0. The van der Waals surface area contributed by atoms with Crippen molar-refractivity contribution in [1.82, 2.24) is 10.2 Å². The fourth-order valence-electron chi connectivity index (χ4n) is 6.63. The lowest BCUT2D eigenvalue weighted by Gasteiger charge is -2.42. The maximum Gasteiger partial charge on any atom is 0.251 e. The molecule has 0 aromatic heterocycles. The van der Waals surface area contributed by atoms with Gasteiger partial charge in [-0.05, 0) is 60.7 Å². The smallest absolute Gasteiger partial charge is 0.251 e. The van der Waals surface area contributed by atoms with Gasteiger partial charge in [0.05, 0.1) is 18.0 Å². The largest absolute Gasteiger partial charge is 0.378 e. The minimum absolute atomic E-state index is 0.0321. The molecular formula is C31H32ClN3O2. The van der Waals surface area contributed by atoms with Gasteiger partial charge in [-0.2, -0.15) is 0 Å².